The van der Waals surface area contributed by atoms with Gasteiger partial charge in [-0.15, -0.1) is 11.3 Å². The van der Waals surface area contributed by atoms with Gasteiger partial charge in [-0.2, -0.15) is 0 Å². The number of piperidine rings is 1. The number of nitrogens with one attached hydrogen (secondary N) is 1. The maximum Gasteiger partial charge on any atom is 0.273 e. The molecular formula is C23H25FN4O2S. The van der Waals surface area contributed by atoms with E-state index in [1.54, 1.807) is 16.7 Å². The van der Waals surface area contributed by atoms with E-state index in [9.17, 15) is 14.0 Å². The zero-order valence-corrected chi connectivity index (χ0v) is 18.0. The Morgan fingerprint density at radius 2 is 2.00 bits per heavy atom. The van der Waals surface area contributed by atoms with Crippen LogP contribution in [0.25, 0.3) is 10.2 Å². The highest BCUT2D eigenvalue weighted by Crippen LogP contribution is 2.28. The van der Waals surface area contributed by atoms with Gasteiger partial charge in [0.2, 0.25) is 11.9 Å². The van der Waals surface area contributed by atoms with Gasteiger partial charge in [-0.05, 0) is 60.7 Å². The summed E-state index contributed by atoms with van der Waals surface area (Å²) in [5.41, 5.74) is 1.42. The normalized spacial score (nSPS) is 19.0. The Kier molecular flexibility index (Phi) is 5.48. The van der Waals surface area contributed by atoms with Gasteiger partial charge in [0.1, 0.15) is 10.5 Å². The molecule has 1 saturated carbocycles. The molecule has 1 aromatic carbocycles. The lowest BCUT2D eigenvalue weighted by Crippen LogP contribution is -2.45. The summed E-state index contributed by atoms with van der Waals surface area (Å²) in [4.78, 5) is 32.8. The summed E-state index contributed by atoms with van der Waals surface area (Å²) in [5.74, 6) is 0.911. The average molecular weight is 441 g/mol. The van der Waals surface area contributed by atoms with Crippen molar-refractivity contribution in [1.29, 1.82) is 0 Å². The van der Waals surface area contributed by atoms with Gasteiger partial charge in [-0.25, -0.2) is 9.37 Å². The van der Waals surface area contributed by atoms with Crippen molar-refractivity contribution in [2.45, 2.75) is 32.2 Å². The monoisotopic (exact) mass is 440 g/mol. The number of amides is 1. The first kappa shape index (κ1) is 20.2. The summed E-state index contributed by atoms with van der Waals surface area (Å²) in [5, 5.41) is 4.97. The first-order chi connectivity index (χ1) is 15.1. The number of hydrogen-bond acceptors (Lipinski definition) is 5. The second-order valence-corrected chi connectivity index (χ2v) is 9.45. The summed E-state index contributed by atoms with van der Waals surface area (Å²) in [6.45, 7) is 2.37. The smallest absolute Gasteiger partial charge is 0.273 e. The third-order valence-corrected chi connectivity index (χ3v) is 7.03. The van der Waals surface area contributed by atoms with Crippen molar-refractivity contribution in [3.8, 4) is 0 Å². The van der Waals surface area contributed by atoms with Crippen molar-refractivity contribution in [1.82, 2.24) is 14.9 Å². The molecule has 1 saturated heterocycles. The SMILES string of the molecule is O=C(NCC1CC1)[C@@H]1CCCN(c2nc3ccsc3c(=O)n2Cc2ccc(F)cc2)C1. The zero-order valence-electron chi connectivity index (χ0n) is 17.2. The topological polar surface area (TPSA) is 67.2 Å². The maximum atomic E-state index is 13.4. The van der Waals surface area contributed by atoms with E-state index in [1.807, 2.05) is 11.4 Å². The molecule has 1 amide bonds. The van der Waals surface area contributed by atoms with Crippen LogP contribution in [0.2, 0.25) is 0 Å². The number of carbonyl (C=O) groups excluding carboxylic acids is 1. The lowest BCUT2D eigenvalue weighted by molar-refractivity contribution is -0.125. The highest BCUT2D eigenvalue weighted by Gasteiger charge is 2.30. The number of halogens is 1. The highest BCUT2D eigenvalue weighted by atomic mass is 32.1. The number of benzene rings is 1. The van der Waals surface area contributed by atoms with Crippen molar-refractivity contribution >= 4 is 33.4 Å². The van der Waals surface area contributed by atoms with E-state index in [1.165, 1.54) is 36.3 Å². The van der Waals surface area contributed by atoms with Crippen LogP contribution in [0.3, 0.4) is 0 Å². The molecule has 1 aliphatic heterocycles. The molecule has 0 bridgehead atoms. The fourth-order valence-electron chi connectivity index (χ4n) is 4.17. The Labute approximate surface area is 183 Å². The van der Waals surface area contributed by atoms with Gasteiger partial charge < -0.3 is 10.2 Å². The molecule has 2 aliphatic rings. The molecule has 1 N–H and O–H groups in total. The van der Waals surface area contributed by atoms with Crippen LogP contribution < -0.4 is 15.8 Å². The second-order valence-electron chi connectivity index (χ2n) is 8.54. The summed E-state index contributed by atoms with van der Waals surface area (Å²) < 4.78 is 15.6. The third-order valence-electron chi connectivity index (χ3n) is 6.14. The molecule has 162 valence electrons. The lowest BCUT2D eigenvalue weighted by Gasteiger charge is -2.34. The van der Waals surface area contributed by atoms with E-state index < -0.39 is 0 Å². The Hall–Kier alpha value is -2.74. The van der Waals surface area contributed by atoms with Gasteiger partial charge in [0.15, 0.2) is 0 Å². The summed E-state index contributed by atoms with van der Waals surface area (Å²) >= 11 is 1.38. The maximum absolute atomic E-state index is 13.4. The molecule has 8 heteroatoms. The van der Waals surface area contributed by atoms with E-state index >= 15 is 0 Å². The number of hydrogen-bond donors (Lipinski definition) is 1. The molecule has 5 rings (SSSR count). The van der Waals surface area contributed by atoms with Gasteiger partial charge >= 0.3 is 0 Å². The third kappa shape index (κ3) is 4.35. The number of thiophene rings is 1. The summed E-state index contributed by atoms with van der Waals surface area (Å²) in [7, 11) is 0. The van der Waals surface area contributed by atoms with Crippen LogP contribution in [0.4, 0.5) is 10.3 Å². The molecule has 31 heavy (non-hydrogen) atoms. The molecule has 3 heterocycles. The minimum absolute atomic E-state index is 0.0976. The molecule has 0 radical (unpaired) electrons. The van der Waals surface area contributed by atoms with Crippen molar-refractivity contribution in [2.75, 3.05) is 24.5 Å². The van der Waals surface area contributed by atoms with Crippen molar-refractivity contribution in [3.63, 3.8) is 0 Å². The first-order valence-corrected chi connectivity index (χ1v) is 11.7. The van der Waals surface area contributed by atoms with E-state index in [-0.39, 0.29) is 23.2 Å². The standard InChI is InChI=1S/C23H25FN4O2S/c24-18-7-5-16(6-8-18)13-28-22(30)20-19(9-11-31-20)26-23(28)27-10-1-2-17(14-27)21(29)25-12-15-3-4-15/h5-9,11,15,17H,1-4,10,12-14H2,(H,25,29)/t17-/m1/s1. The van der Waals surface area contributed by atoms with E-state index in [2.05, 4.69) is 10.2 Å². The Morgan fingerprint density at radius 3 is 2.77 bits per heavy atom. The van der Waals surface area contributed by atoms with Crippen molar-refractivity contribution < 1.29 is 9.18 Å². The Balaban J connectivity index is 1.45. The molecule has 2 aromatic heterocycles. The van der Waals surface area contributed by atoms with Gasteiger partial charge in [-0.1, -0.05) is 12.1 Å². The summed E-state index contributed by atoms with van der Waals surface area (Å²) in [6, 6.07) is 8.04. The summed E-state index contributed by atoms with van der Waals surface area (Å²) in [6.07, 6.45) is 4.13. The molecule has 0 spiro atoms. The number of carbonyl (C=O) groups is 1. The number of fused-ring (bicyclic) bond motifs is 1. The Bertz CT molecular complexity index is 1150. The van der Waals surface area contributed by atoms with E-state index in [0.717, 1.165) is 31.5 Å². The number of rotatable bonds is 6. The number of anilines is 1. The number of nitrogens with zero attached hydrogens (tertiary/aromatic N) is 3. The van der Waals surface area contributed by atoms with Crippen LogP contribution in [0.15, 0.2) is 40.5 Å². The first-order valence-electron chi connectivity index (χ1n) is 10.8. The largest absolute Gasteiger partial charge is 0.356 e. The predicted octanol–water partition coefficient (Wildman–Crippen LogP) is 3.39. The molecular weight excluding hydrogens is 415 g/mol. The molecule has 1 atom stereocenters. The van der Waals surface area contributed by atoms with Crippen LogP contribution in [0.5, 0.6) is 0 Å². The van der Waals surface area contributed by atoms with Gasteiger partial charge in [0.25, 0.3) is 5.56 Å². The minimum atomic E-state index is -0.306. The average Bonchev–Trinajstić information content (AvgIpc) is 3.50. The van der Waals surface area contributed by atoms with Crippen LogP contribution in [-0.2, 0) is 11.3 Å². The van der Waals surface area contributed by atoms with Gasteiger partial charge in [0.05, 0.1) is 18.0 Å². The molecule has 1 aliphatic carbocycles. The predicted molar refractivity (Wildman–Crippen MR) is 120 cm³/mol. The van der Waals surface area contributed by atoms with Crippen molar-refractivity contribution in [3.05, 3.63) is 57.4 Å². The molecule has 6 nitrogen and oxygen atoms in total. The van der Waals surface area contributed by atoms with E-state index in [4.69, 9.17) is 4.98 Å². The Morgan fingerprint density at radius 1 is 1.19 bits per heavy atom. The lowest BCUT2D eigenvalue weighted by atomic mass is 9.97. The van der Waals surface area contributed by atoms with Gasteiger partial charge in [0, 0.05) is 19.6 Å². The van der Waals surface area contributed by atoms with Crippen LogP contribution in [-0.4, -0.2) is 35.1 Å². The molecule has 0 unspecified atom stereocenters. The van der Waals surface area contributed by atoms with E-state index in [0.29, 0.717) is 35.2 Å². The molecule has 3 aromatic rings. The molecule has 2 fully saturated rings. The van der Waals surface area contributed by atoms with Gasteiger partial charge in [-0.3, -0.25) is 14.2 Å². The highest BCUT2D eigenvalue weighted by molar-refractivity contribution is 7.17. The number of aromatic nitrogens is 2. The minimum Gasteiger partial charge on any atom is -0.356 e. The fraction of sp³-hybridized carbons (Fsp3) is 0.435. The second kappa shape index (κ2) is 8.42. The van der Waals surface area contributed by atoms with Crippen LogP contribution >= 0.6 is 11.3 Å². The van der Waals surface area contributed by atoms with Crippen molar-refractivity contribution in [2.24, 2.45) is 11.8 Å². The zero-order chi connectivity index (χ0) is 21.4. The quantitative estimate of drug-likeness (QED) is 0.638. The van der Waals surface area contributed by atoms with Crippen LogP contribution in [0.1, 0.15) is 31.2 Å². The fourth-order valence-corrected chi connectivity index (χ4v) is 4.95. The van der Waals surface area contributed by atoms with Crippen LogP contribution in [0, 0.1) is 17.7 Å².